The Kier molecular flexibility index (Phi) is 3.42. The number of rotatable bonds is 3. The molecule has 0 spiro atoms. The first-order chi connectivity index (χ1) is 7.66. The van der Waals surface area contributed by atoms with Crippen LogP contribution in [0, 0.1) is 6.92 Å². The summed E-state index contributed by atoms with van der Waals surface area (Å²) in [7, 11) is 0. The average Bonchev–Trinajstić information content (AvgIpc) is 2.69. The molecular weight excluding hydrogens is 244 g/mol. The minimum absolute atomic E-state index is 0.204. The van der Waals surface area contributed by atoms with E-state index < -0.39 is 5.97 Å². The fourth-order valence-electron chi connectivity index (χ4n) is 1.15. The molecule has 2 rings (SSSR count). The number of carboxylic acid groups (broad SMARTS) is 1. The van der Waals surface area contributed by atoms with Crippen LogP contribution in [0.4, 0.5) is 0 Å². The summed E-state index contributed by atoms with van der Waals surface area (Å²) in [6.07, 6.45) is 0. The van der Waals surface area contributed by atoms with Gasteiger partial charge in [0.2, 0.25) is 0 Å². The Morgan fingerprint density at radius 1 is 1.38 bits per heavy atom. The molecule has 0 atom stereocenters. The van der Waals surface area contributed by atoms with Gasteiger partial charge in [0.25, 0.3) is 0 Å². The van der Waals surface area contributed by atoms with Crippen LogP contribution < -0.4 is 10.3 Å². The first-order valence-corrected chi connectivity index (χ1v) is 6.20. The van der Waals surface area contributed by atoms with E-state index in [-0.39, 0.29) is 5.70 Å². The van der Waals surface area contributed by atoms with Gasteiger partial charge in [0.1, 0.15) is 0 Å². The SMILES string of the molecule is Cc1ccc(SC2=C(C(=O)O)NNS2)cc1. The fraction of sp³-hybridized carbons (Fsp3) is 0.100. The second-order valence-corrected chi connectivity index (χ2v) is 5.37. The van der Waals surface area contributed by atoms with Crippen LogP contribution in [-0.4, -0.2) is 11.1 Å². The van der Waals surface area contributed by atoms with E-state index in [1.807, 2.05) is 31.2 Å². The Morgan fingerprint density at radius 2 is 2.06 bits per heavy atom. The van der Waals surface area contributed by atoms with Crippen molar-refractivity contribution in [1.82, 2.24) is 10.3 Å². The molecule has 3 N–H and O–H groups in total. The summed E-state index contributed by atoms with van der Waals surface area (Å²) in [5, 5.41) is 8.92. The van der Waals surface area contributed by atoms with Gasteiger partial charge >= 0.3 is 5.97 Å². The zero-order chi connectivity index (χ0) is 11.5. The van der Waals surface area contributed by atoms with Gasteiger partial charge in [-0.15, -0.1) is 0 Å². The maximum atomic E-state index is 10.9. The number of aliphatic carboxylic acids is 1. The summed E-state index contributed by atoms with van der Waals surface area (Å²) >= 11 is 2.71. The zero-order valence-electron chi connectivity index (χ0n) is 8.48. The second-order valence-electron chi connectivity index (χ2n) is 3.21. The van der Waals surface area contributed by atoms with Crippen LogP contribution in [0.3, 0.4) is 0 Å². The maximum Gasteiger partial charge on any atom is 0.355 e. The van der Waals surface area contributed by atoms with Crippen molar-refractivity contribution in [2.45, 2.75) is 11.8 Å². The highest BCUT2D eigenvalue weighted by molar-refractivity contribution is 8.21. The minimum Gasteiger partial charge on any atom is -0.476 e. The molecule has 1 aliphatic heterocycles. The van der Waals surface area contributed by atoms with Crippen molar-refractivity contribution in [3.8, 4) is 0 Å². The van der Waals surface area contributed by atoms with Crippen molar-refractivity contribution < 1.29 is 9.90 Å². The lowest BCUT2D eigenvalue weighted by Crippen LogP contribution is -2.23. The number of hydrogen-bond donors (Lipinski definition) is 3. The van der Waals surface area contributed by atoms with Gasteiger partial charge in [-0.25, -0.2) is 4.79 Å². The predicted molar refractivity (Wildman–Crippen MR) is 65.6 cm³/mol. The summed E-state index contributed by atoms with van der Waals surface area (Å²) in [5.41, 5.74) is 4.00. The van der Waals surface area contributed by atoms with Crippen molar-refractivity contribution in [3.05, 3.63) is 39.8 Å². The van der Waals surface area contributed by atoms with Gasteiger partial charge in [0.15, 0.2) is 5.70 Å². The van der Waals surface area contributed by atoms with E-state index in [9.17, 15) is 4.79 Å². The number of thioether (sulfide) groups is 1. The molecule has 16 heavy (non-hydrogen) atoms. The lowest BCUT2D eigenvalue weighted by molar-refractivity contribution is -0.133. The first kappa shape index (κ1) is 11.4. The van der Waals surface area contributed by atoms with E-state index in [0.29, 0.717) is 0 Å². The molecule has 6 heteroatoms. The van der Waals surface area contributed by atoms with E-state index in [2.05, 4.69) is 10.3 Å². The Morgan fingerprint density at radius 3 is 2.69 bits per heavy atom. The van der Waals surface area contributed by atoms with E-state index in [1.54, 1.807) is 0 Å². The number of hydrogen-bond acceptors (Lipinski definition) is 5. The molecule has 0 saturated carbocycles. The number of carboxylic acids is 1. The monoisotopic (exact) mass is 254 g/mol. The van der Waals surface area contributed by atoms with E-state index in [0.717, 1.165) is 9.13 Å². The van der Waals surface area contributed by atoms with Gasteiger partial charge in [0, 0.05) is 4.90 Å². The molecule has 4 nitrogen and oxygen atoms in total. The molecule has 0 aromatic heterocycles. The lowest BCUT2D eigenvalue weighted by Gasteiger charge is -2.01. The summed E-state index contributed by atoms with van der Waals surface area (Å²) in [5.74, 6) is -0.952. The molecule has 0 aliphatic carbocycles. The Labute approximate surface area is 102 Å². The minimum atomic E-state index is -0.952. The topological polar surface area (TPSA) is 61.4 Å². The maximum absolute atomic E-state index is 10.9. The second kappa shape index (κ2) is 4.82. The van der Waals surface area contributed by atoms with E-state index in [1.165, 1.54) is 29.3 Å². The van der Waals surface area contributed by atoms with E-state index in [4.69, 9.17) is 5.11 Å². The first-order valence-electron chi connectivity index (χ1n) is 4.57. The normalized spacial score (nSPS) is 15.1. The third-order valence-electron chi connectivity index (χ3n) is 1.97. The molecule has 0 radical (unpaired) electrons. The molecule has 0 saturated heterocycles. The van der Waals surface area contributed by atoms with Crippen molar-refractivity contribution >= 4 is 29.7 Å². The number of carbonyl (C=O) groups is 1. The van der Waals surface area contributed by atoms with Crippen LogP contribution in [0.2, 0.25) is 0 Å². The van der Waals surface area contributed by atoms with Gasteiger partial charge in [-0.3, -0.25) is 0 Å². The van der Waals surface area contributed by atoms with Gasteiger partial charge in [-0.2, -0.15) is 4.83 Å². The van der Waals surface area contributed by atoms with Gasteiger partial charge in [-0.1, -0.05) is 29.5 Å². The smallest absolute Gasteiger partial charge is 0.355 e. The molecule has 0 fully saturated rings. The molecule has 1 heterocycles. The van der Waals surface area contributed by atoms with Crippen LogP contribution in [-0.2, 0) is 4.79 Å². The van der Waals surface area contributed by atoms with E-state index >= 15 is 0 Å². The van der Waals surface area contributed by atoms with Crippen LogP contribution >= 0.6 is 23.7 Å². The predicted octanol–water partition coefficient (Wildman–Crippen LogP) is 2.10. The molecule has 1 aromatic rings. The number of hydrazine groups is 1. The zero-order valence-corrected chi connectivity index (χ0v) is 10.1. The molecule has 84 valence electrons. The summed E-state index contributed by atoms with van der Waals surface area (Å²) in [4.78, 5) is 14.6. The summed E-state index contributed by atoms with van der Waals surface area (Å²) in [6, 6.07) is 7.96. The highest BCUT2D eigenvalue weighted by Gasteiger charge is 2.21. The molecule has 0 amide bonds. The van der Waals surface area contributed by atoms with Crippen molar-refractivity contribution in [1.29, 1.82) is 0 Å². The fourth-order valence-corrected chi connectivity index (χ4v) is 2.94. The standard InChI is InChI=1S/C10H10N2O2S2/c1-6-2-4-7(5-3-6)15-10-8(9(13)14)11-12-16-10/h2-5,11-12H,1H3,(H,13,14). The summed E-state index contributed by atoms with van der Waals surface area (Å²) in [6.45, 7) is 2.02. The largest absolute Gasteiger partial charge is 0.476 e. The third kappa shape index (κ3) is 2.52. The molecule has 1 aliphatic rings. The van der Waals surface area contributed by atoms with Crippen molar-refractivity contribution in [2.75, 3.05) is 0 Å². The van der Waals surface area contributed by atoms with Gasteiger partial charge in [0.05, 0.1) is 4.24 Å². The van der Waals surface area contributed by atoms with Crippen molar-refractivity contribution in [3.63, 3.8) is 0 Å². The molecule has 0 unspecified atom stereocenters. The lowest BCUT2D eigenvalue weighted by atomic mass is 10.2. The number of benzene rings is 1. The number of nitrogens with one attached hydrogen (secondary N) is 2. The highest BCUT2D eigenvalue weighted by atomic mass is 32.2. The van der Waals surface area contributed by atoms with Crippen LogP contribution in [0.25, 0.3) is 0 Å². The summed E-state index contributed by atoms with van der Waals surface area (Å²) < 4.78 is 0.719. The average molecular weight is 254 g/mol. The quantitative estimate of drug-likeness (QED) is 0.718. The van der Waals surface area contributed by atoms with Gasteiger partial charge in [-0.05, 0) is 31.0 Å². The van der Waals surface area contributed by atoms with Crippen LogP contribution in [0.5, 0.6) is 0 Å². The Hall–Kier alpha value is -1.11. The molecular formula is C10H10N2O2S2. The number of aryl methyl sites for hydroxylation is 1. The van der Waals surface area contributed by atoms with Crippen LogP contribution in [0.15, 0.2) is 39.1 Å². The Bertz CT molecular complexity index is 443. The third-order valence-corrected chi connectivity index (χ3v) is 3.96. The molecule has 0 bridgehead atoms. The highest BCUT2D eigenvalue weighted by Crippen LogP contribution is 2.37. The van der Waals surface area contributed by atoms with Crippen molar-refractivity contribution in [2.24, 2.45) is 0 Å². The Balaban J connectivity index is 2.18. The van der Waals surface area contributed by atoms with Gasteiger partial charge < -0.3 is 10.5 Å². The molecule has 1 aromatic carbocycles. The van der Waals surface area contributed by atoms with Crippen LogP contribution in [0.1, 0.15) is 5.56 Å².